The Bertz CT molecular complexity index is 910. The number of carbonyl (C=O) groups excluding carboxylic acids is 2. The molecule has 9 nitrogen and oxygen atoms in total. The van der Waals surface area contributed by atoms with Crippen molar-refractivity contribution in [3.05, 3.63) is 35.8 Å². The minimum Gasteiger partial charge on any atom is -0.462 e. The van der Waals surface area contributed by atoms with Crippen molar-refractivity contribution in [3.63, 3.8) is 0 Å². The van der Waals surface area contributed by atoms with E-state index in [0.717, 1.165) is 18.3 Å². The van der Waals surface area contributed by atoms with Gasteiger partial charge < -0.3 is 10.1 Å². The van der Waals surface area contributed by atoms with Crippen molar-refractivity contribution in [2.75, 3.05) is 16.6 Å². The van der Waals surface area contributed by atoms with E-state index >= 15 is 0 Å². The van der Waals surface area contributed by atoms with E-state index < -0.39 is 32.7 Å². The molecule has 2 aromatic rings. The minimum absolute atomic E-state index is 0.0189. The van der Waals surface area contributed by atoms with Crippen LogP contribution in [0.3, 0.4) is 0 Å². The van der Waals surface area contributed by atoms with E-state index in [1.807, 2.05) is 0 Å². The number of aromatic amines is 1. The van der Waals surface area contributed by atoms with Gasteiger partial charge in [-0.15, -0.1) is 0 Å². The number of nitrogens with zero attached hydrogens (tertiary/aromatic N) is 1. The summed E-state index contributed by atoms with van der Waals surface area (Å²) in [5.74, 6) is -2.10. The third-order valence-electron chi connectivity index (χ3n) is 2.90. The number of halogens is 1. The molecule has 0 aliphatic rings. The number of benzene rings is 1. The SMILES string of the molecule is CCOC(=O)c1cn[nH]c1S(=O)(=O)Nc1ccc(F)c(NC(C)=O)c1. The number of anilines is 2. The molecule has 25 heavy (non-hydrogen) atoms. The van der Waals surface area contributed by atoms with Crippen molar-refractivity contribution >= 4 is 33.3 Å². The van der Waals surface area contributed by atoms with Crippen LogP contribution in [0.5, 0.6) is 0 Å². The first-order valence-corrected chi connectivity index (χ1v) is 8.53. The molecule has 0 radical (unpaired) electrons. The molecule has 1 aromatic heterocycles. The average Bonchev–Trinajstić information content (AvgIpc) is 3.01. The van der Waals surface area contributed by atoms with Crippen LogP contribution in [0, 0.1) is 5.82 Å². The fourth-order valence-electron chi connectivity index (χ4n) is 1.91. The zero-order valence-corrected chi connectivity index (χ0v) is 14.1. The maximum absolute atomic E-state index is 13.6. The number of esters is 1. The molecule has 0 spiro atoms. The lowest BCUT2D eigenvalue weighted by Gasteiger charge is -2.10. The topological polar surface area (TPSA) is 130 Å². The van der Waals surface area contributed by atoms with Crippen LogP contribution in [-0.4, -0.2) is 37.1 Å². The molecule has 0 unspecified atom stereocenters. The average molecular weight is 370 g/mol. The quantitative estimate of drug-likeness (QED) is 0.660. The van der Waals surface area contributed by atoms with E-state index in [1.54, 1.807) is 6.92 Å². The standard InChI is InChI=1S/C14H15FN4O5S/c1-3-24-14(21)10-7-16-18-13(10)25(22,23)19-9-4-5-11(15)12(6-9)17-8(2)20/h4-7,19H,3H2,1-2H3,(H,16,18)(H,17,20). The van der Waals surface area contributed by atoms with Gasteiger partial charge in [0.2, 0.25) is 5.91 Å². The van der Waals surface area contributed by atoms with Gasteiger partial charge in [-0.05, 0) is 25.1 Å². The van der Waals surface area contributed by atoms with Gasteiger partial charge in [0.25, 0.3) is 10.0 Å². The summed E-state index contributed by atoms with van der Waals surface area (Å²) in [5.41, 5.74) is -0.476. The number of hydrogen-bond donors (Lipinski definition) is 3. The summed E-state index contributed by atoms with van der Waals surface area (Å²) in [7, 11) is -4.23. The summed E-state index contributed by atoms with van der Waals surface area (Å²) in [6.07, 6.45) is 1.03. The Morgan fingerprint density at radius 3 is 2.72 bits per heavy atom. The molecule has 3 N–H and O–H groups in total. The van der Waals surface area contributed by atoms with Crippen molar-refractivity contribution < 1.29 is 27.1 Å². The summed E-state index contributed by atoms with van der Waals surface area (Å²) < 4.78 is 45.4. The number of hydrogen-bond acceptors (Lipinski definition) is 6. The second-order valence-electron chi connectivity index (χ2n) is 4.81. The van der Waals surface area contributed by atoms with Crippen molar-refractivity contribution in [2.45, 2.75) is 18.9 Å². The van der Waals surface area contributed by atoms with Crippen LogP contribution in [-0.2, 0) is 19.6 Å². The van der Waals surface area contributed by atoms with Crippen LogP contribution in [0.15, 0.2) is 29.4 Å². The van der Waals surface area contributed by atoms with Gasteiger partial charge in [0.05, 0.1) is 24.2 Å². The summed E-state index contributed by atoms with van der Waals surface area (Å²) in [6.45, 7) is 2.83. The maximum Gasteiger partial charge on any atom is 0.342 e. The molecular weight excluding hydrogens is 355 g/mol. The van der Waals surface area contributed by atoms with Gasteiger partial charge in [-0.25, -0.2) is 9.18 Å². The molecule has 1 aromatic carbocycles. The van der Waals surface area contributed by atoms with Crippen molar-refractivity contribution in [2.24, 2.45) is 0 Å². The summed E-state index contributed by atoms with van der Waals surface area (Å²) in [6, 6.07) is 3.26. The highest BCUT2D eigenvalue weighted by molar-refractivity contribution is 7.92. The Morgan fingerprint density at radius 1 is 1.36 bits per heavy atom. The lowest BCUT2D eigenvalue weighted by atomic mass is 10.2. The number of ether oxygens (including phenoxy) is 1. The van der Waals surface area contributed by atoms with E-state index in [1.165, 1.54) is 13.0 Å². The third-order valence-corrected chi connectivity index (χ3v) is 4.25. The van der Waals surface area contributed by atoms with Gasteiger partial charge in [0, 0.05) is 6.92 Å². The van der Waals surface area contributed by atoms with E-state index in [0.29, 0.717) is 0 Å². The highest BCUT2D eigenvalue weighted by Gasteiger charge is 2.26. The normalized spacial score (nSPS) is 11.0. The van der Waals surface area contributed by atoms with Crippen molar-refractivity contribution in [1.82, 2.24) is 10.2 Å². The van der Waals surface area contributed by atoms with E-state index in [9.17, 15) is 22.4 Å². The van der Waals surface area contributed by atoms with E-state index in [4.69, 9.17) is 4.74 Å². The number of H-pyrrole nitrogens is 1. The number of carbonyl (C=O) groups is 2. The molecule has 11 heteroatoms. The van der Waals surface area contributed by atoms with Crippen LogP contribution >= 0.6 is 0 Å². The molecule has 0 saturated carbocycles. The molecule has 0 atom stereocenters. The monoisotopic (exact) mass is 370 g/mol. The fraction of sp³-hybridized carbons (Fsp3) is 0.214. The second kappa shape index (κ2) is 7.30. The first-order valence-electron chi connectivity index (χ1n) is 7.05. The molecule has 1 heterocycles. The predicted molar refractivity (Wildman–Crippen MR) is 86.1 cm³/mol. The van der Waals surface area contributed by atoms with Gasteiger partial charge >= 0.3 is 5.97 Å². The van der Waals surface area contributed by atoms with Gasteiger partial charge in [0.15, 0.2) is 5.03 Å². The Labute approximate surface area is 142 Å². The maximum atomic E-state index is 13.6. The first-order chi connectivity index (χ1) is 11.7. The Balaban J connectivity index is 2.33. The van der Waals surface area contributed by atoms with Crippen LogP contribution in [0.4, 0.5) is 15.8 Å². The summed E-state index contributed by atoms with van der Waals surface area (Å²) >= 11 is 0. The molecule has 2 rings (SSSR count). The molecule has 0 fully saturated rings. The van der Waals surface area contributed by atoms with Crippen LogP contribution in [0.25, 0.3) is 0 Å². The second-order valence-corrected chi connectivity index (χ2v) is 6.43. The minimum atomic E-state index is -4.23. The highest BCUT2D eigenvalue weighted by atomic mass is 32.2. The summed E-state index contributed by atoms with van der Waals surface area (Å²) in [4.78, 5) is 22.8. The first kappa shape index (κ1) is 18.4. The highest BCUT2D eigenvalue weighted by Crippen LogP contribution is 2.23. The zero-order chi connectivity index (χ0) is 18.6. The van der Waals surface area contributed by atoms with Gasteiger partial charge in [0.1, 0.15) is 11.4 Å². The molecule has 0 bridgehead atoms. The van der Waals surface area contributed by atoms with E-state index in [-0.39, 0.29) is 23.5 Å². The molecule has 0 aliphatic carbocycles. The lowest BCUT2D eigenvalue weighted by molar-refractivity contribution is -0.114. The van der Waals surface area contributed by atoms with E-state index in [2.05, 4.69) is 20.2 Å². The van der Waals surface area contributed by atoms with Gasteiger partial charge in [-0.2, -0.15) is 13.5 Å². The number of nitrogens with one attached hydrogen (secondary N) is 3. The lowest BCUT2D eigenvalue weighted by Crippen LogP contribution is -2.18. The molecule has 134 valence electrons. The zero-order valence-electron chi connectivity index (χ0n) is 13.3. The fourth-order valence-corrected chi connectivity index (χ4v) is 3.05. The van der Waals surface area contributed by atoms with Crippen LogP contribution in [0.2, 0.25) is 0 Å². The predicted octanol–water partition coefficient (Wildman–Crippen LogP) is 1.48. The largest absolute Gasteiger partial charge is 0.462 e. The number of rotatable bonds is 6. The Morgan fingerprint density at radius 2 is 2.08 bits per heavy atom. The molecule has 1 amide bonds. The summed E-state index contributed by atoms with van der Waals surface area (Å²) in [5, 5.41) is 7.51. The molecule has 0 aliphatic heterocycles. The number of amides is 1. The Kier molecular flexibility index (Phi) is 5.37. The molecule has 0 saturated heterocycles. The number of sulfonamides is 1. The molecular formula is C14H15FN4O5S. The van der Waals surface area contributed by atoms with Crippen LogP contribution in [0.1, 0.15) is 24.2 Å². The van der Waals surface area contributed by atoms with Crippen molar-refractivity contribution in [1.29, 1.82) is 0 Å². The Hall–Kier alpha value is -2.95. The van der Waals surface area contributed by atoms with Crippen LogP contribution < -0.4 is 10.0 Å². The van der Waals surface area contributed by atoms with Gasteiger partial charge in [-0.3, -0.25) is 14.6 Å². The van der Waals surface area contributed by atoms with Gasteiger partial charge in [-0.1, -0.05) is 0 Å². The van der Waals surface area contributed by atoms with Crippen molar-refractivity contribution in [3.8, 4) is 0 Å². The number of aromatic nitrogens is 2. The third kappa shape index (κ3) is 4.32. The smallest absolute Gasteiger partial charge is 0.342 e.